The van der Waals surface area contributed by atoms with Gasteiger partial charge in [0.1, 0.15) is 58.4 Å². The second-order valence-corrected chi connectivity index (χ2v) is 14.7. The molecule has 67 heavy (non-hydrogen) atoms. The van der Waals surface area contributed by atoms with E-state index in [4.69, 9.17) is 0 Å². The fourth-order valence-electron chi connectivity index (χ4n) is 7.39. The van der Waals surface area contributed by atoms with E-state index in [1.54, 1.807) is 0 Å². The van der Waals surface area contributed by atoms with Crippen LogP contribution in [0.15, 0.2) is 73.2 Å². The average Bonchev–Trinajstić information content (AvgIpc) is 3.32. The van der Waals surface area contributed by atoms with Crippen LogP contribution in [0.25, 0.3) is 11.3 Å². The van der Waals surface area contributed by atoms with Gasteiger partial charge >= 0.3 is 0 Å². The van der Waals surface area contributed by atoms with Gasteiger partial charge in [-0.2, -0.15) is 4.57 Å². The molecule has 2 nitrogen and oxygen atoms in total. The van der Waals surface area contributed by atoms with E-state index in [1.165, 1.54) is 11.1 Å². The Morgan fingerprint density at radius 1 is 0.403 bits per heavy atom. The molecule has 0 amide bonds. The Hall–Kier alpha value is -6.94. The first-order valence-electron chi connectivity index (χ1n) is 18.6. The van der Waals surface area contributed by atoms with Gasteiger partial charge < -0.3 is 0 Å². The maximum atomic E-state index is 15.4. The number of hydrogen-bond acceptors (Lipinski definition) is 1. The highest BCUT2D eigenvalue weighted by molar-refractivity contribution is 7.20. The lowest BCUT2D eigenvalue weighted by molar-refractivity contribution is -0.688. The maximum Gasteiger partial charge on any atom is 0.200 e. The third-order valence-electron chi connectivity index (χ3n) is 10.5. The number of halogens is 20. The molecular formula is C44H21BF20N2. The summed E-state index contributed by atoms with van der Waals surface area (Å²) in [5.74, 6) is -70.8. The van der Waals surface area contributed by atoms with Crippen LogP contribution >= 0.6 is 0 Å². The summed E-state index contributed by atoms with van der Waals surface area (Å²) in [6.45, 7) is 5.29. The topological polar surface area (TPSA) is 16.8 Å². The zero-order valence-corrected chi connectivity index (χ0v) is 33.2. The lowest BCUT2D eigenvalue weighted by Gasteiger charge is -2.44. The van der Waals surface area contributed by atoms with E-state index in [0.717, 1.165) is 17.8 Å². The van der Waals surface area contributed by atoms with E-state index in [1.807, 2.05) is 18.5 Å². The van der Waals surface area contributed by atoms with Crippen molar-refractivity contribution in [2.45, 2.75) is 26.3 Å². The van der Waals surface area contributed by atoms with Crippen LogP contribution in [0.1, 0.15) is 30.9 Å². The van der Waals surface area contributed by atoms with E-state index < -0.39 is 144 Å². The van der Waals surface area contributed by atoms with Crippen LogP contribution in [0, 0.1) is 116 Å². The van der Waals surface area contributed by atoms with Crippen LogP contribution in [-0.4, -0.2) is 11.1 Å². The summed E-state index contributed by atoms with van der Waals surface area (Å²) in [5, 5.41) is 0. The third-order valence-corrected chi connectivity index (χ3v) is 10.5. The van der Waals surface area contributed by atoms with E-state index in [-0.39, 0.29) is 0 Å². The number of rotatable bonds is 8. The minimum Gasteiger partial charge on any atom is -0.244 e. The van der Waals surface area contributed by atoms with Crippen molar-refractivity contribution in [3.05, 3.63) is 201 Å². The van der Waals surface area contributed by atoms with Crippen LogP contribution in [0.3, 0.4) is 0 Å². The Labute approximate surface area is 363 Å². The summed E-state index contributed by atoms with van der Waals surface area (Å²) in [5.41, 5.74) is -9.51. The Kier molecular flexibility index (Phi) is 13.8. The minimum atomic E-state index is -7.22. The van der Waals surface area contributed by atoms with Gasteiger partial charge in [0.05, 0.1) is 6.20 Å². The van der Waals surface area contributed by atoms with Gasteiger partial charge in [-0.05, 0) is 11.5 Å². The molecule has 6 aromatic carbocycles. The van der Waals surface area contributed by atoms with Crippen LogP contribution in [-0.2, 0) is 6.54 Å². The molecule has 350 valence electrons. The first-order chi connectivity index (χ1) is 31.4. The minimum absolute atomic E-state index is 0.556. The van der Waals surface area contributed by atoms with Gasteiger partial charge in [-0.1, -0.05) is 68.4 Å². The van der Waals surface area contributed by atoms with Crippen molar-refractivity contribution in [1.29, 1.82) is 0 Å². The molecule has 0 atom stereocenters. The van der Waals surface area contributed by atoms with Crippen molar-refractivity contribution in [2.75, 3.05) is 0 Å². The molecule has 23 heteroatoms. The first-order valence-corrected chi connectivity index (χ1v) is 18.6. The monoisotopic (exact) mass is 968 g/mol. The van der Waals surface area contributed by atoms with E-state index in [9.17, 15) is 52.7 Å². The number of nitrogens with zero attached hydrogens (tertiary/aromatic N) is 2. The zero-order chi connectivity index (χ0) is 49.7. The average molecular weight is 968 g/mol. The van der Waals surface area contributed by atoms with E-state index in [2.05, 4.69) is 78.1 Å². The standard InChI is InChI=1S/C24BF20.C20H21N2/c26-5-1(6(27)14(35)21(42)13(5)34)25(2-7(28)15(36)22(43)16(37)8(2)29,3-9(30)17(38)23(44)18(39)10(3)31)4-11(32)19(40)24(45)20(41)12(4)33;1-16(2)18-8-10-19(11-9-18)20-15-22(13-12-21-20)14-17-6-4-3-5-7-17/h;3-13,15-16H,14H2,1-2H3/q-1;+1. The highest BCUT2D eigenvalue weighted by Crippen LogP contribution is 2.31. The summed E-state index contributed by atoms with van der Waals surface area (Å²) in [7, 11) is 0. The van der Waals surface area contributed by atoms with Gasteiger partial charge in [0, 0.05) is 11.1 Å². The van der Waals surface area contributed by atoms with Crippen LogP contribution in [0.5, 0.6) is 0 Å². The van der Waals surface area contributed by atoms with Crippen LogP contribution < -0.4 is 26.4 Å². The normalized spacial score (nSPS) is 11.6. The molecule has 0 aliphatic carbocycles. The maximum absolute atomic E-state index is 15.4. The summed E-state index contributed by atoms with van der Waals surface area (Å²) >= 11 is 0. The predicted octanol–water partition coefficient (Wildman–Crippen LogP) is 10.1. The van der Waals surface area contributed by atoms with Gasteiger partial charge in [0.25, 0.3) is 0 Å². The second kappa shape index (κ2) is 18.7. The highest BCUT2D eigenvalue weighted by Gasteiger charge is 2.52. The quantitative estimate of drug-likeness (QED) is 0.0488. The molecule has 1 aromatic heterocycles. The fourth-order valence-corrected chi connectivity index (χ4v) is 7.39. The van der Waals surface area contributed by atoms with Crippen molar-refractivity contribution in [3.8, 4) is 11.3 Å². The summed E-state index contributed by atoms with van der Waals surface area (Å²) in [6, 6.07) is 19.2. The fraction of sp³-hybridized carbons (Fsp3) is 0.0909. The molecule has 0 aliphatic heterocycles. The van der Waals surface area contributed by atoms with Gasteiger partial charge in [0.15, 0.2) is 88.7 Å². The number of benzene rings is 6. The van der Waals surface area contributed by atoms with Crippen LogP contribution in [0.2, 0.25) is 0 Å². The molecule has 0 saturated carbocycles. The van der Waals surface area contributed by atoms with Crippen molar-refractivity contribution in [3.63, 3.8) is 0 Å². The Morgan fingerprint density at radius 3 is 1.00 bits per heavy atom. The summed E-state index contributed by atoms with van der Waals surface area (Å²) in [4.78, 5) is 4.50. The largest absolute Gasteiger partial charge is 0.244 e. The molecule has 7 rings (SSSR count). The predicted molar refractivity (Wildman–Crippen MR) is 199 cm³/mol. The number of hydrogen-bond donors (Lipinski definition) is 0. The van der Waals surface area contributed by atoms with E-state index in [0.29, 0.717) is 5.92 Å². The summed E-state index contributed by atoms with van der Waals surface area (Å²) < 4.78 is 296. The number of aromatic nitrogens is 2. The third kappa shape index (κ3) is 8.21. The lowest BCUT2D eigenvalue weighted by atomic mass is 9.12. The molecule has 0 spiro atoms. The second-order valence-electron chi connectivity index (χ2n) is 14.7. The Morgan fingerprint density at radius 2 is 0.701 bits per heavy atom. The molecule has 0 aliphatic rings. The molecule has 0 N–H and O–H groups in total. The molecule has 0 unspecified atom stereocenters. The lowest BCUT2D eigenvalue weighted by Crippen LogP contribution is -2.81. The van der Waals surface area contributed by atoms with Crippen molar-refractivity contribution in [1.82, 2.24) is 4.98 Å². The first kappa shape index (κ1) is 49.5. The molecule has 1 heterocycles. The van der Waals surface area contributed by atoms with Gasteiger partial charge in [-0.3, -0.25) is 0 Å². The Bertz CT molecular complexity index is 2690. The molecule has 0 bridgehead atoms. The molecule has 0 radical (unpaired) electrons. The SMILES string of the molecule is CC(C)c1ccc(-c2c[n+](Cc3ccccc3)ccn2)cc1.Fc1c(F)c(F)c([B-](c2c(F)c(F)c(F)c(F)c2F)(c2c(F)c(F)c(F)c(F)c2F)c2c(F)c(F)c(F)c(F)c2F)c(F)c1F. The van der Waals surface area contributed by atoms with Crippen molar-refractivity contribution >= 4 is 28.0 Å². The highest BCUT2D eigenvalue weighted by atomic mass is 19.2. The van der Waals surface area contributed by atoms with Gasteiger partial charge in [-0.25, -0.2) is 92.8 Å². The van der Waals surface area contributed by atoms with Crippen molar-refractivity contribution < 1.29 is 92.4 Å². The zero-order valence-electron chi connectivity index (χ0n) is 33.2. The molecular weight excluding hydrogens is 947 g/mol. The van der Waals surface area contributed by atoms with Crippen molar-refractivity contribution in [2.24, 2.45) is 0 Å². The molecule has 0 fully saturated rings. The van der Waals surface area contributed by atoms with Gasteiger partial charge in [0.2, 0.25) is 0 Å². The van der Waals surface area contributed by atoms with Crippen LogP contribution in [0.4, 0.5) is 87.8 Å². The van der Waals surface area contributed by atoms with E-state index >= 15 is 35.1 Å². The summed E-state index contributed by atoms with van der Waals surface area (Å²) in [6.07, 6.45) is -1.23. The van der Waals surface area contributed by atoms with Gasteiger partial charge in [-0.15, -0.1) is 21.9 Å². The molecule has 0 saturated heterocycles. The Balaban J connectivity index is 0.000000279. The molecule has 7 aromatic rings. The smallest absolute Gasteiger partial charge is 0.200 e.